The van der Waals surface area contributed by atoms with Crippen molar-refractivity contribution in [2.24, 2.45) is 5.92 Å². The van der Waals surface area contributed by atoms with Crippen molar-refractivity contribution in [2.45, 2.75) is 26.6 Å². The smallest absolute Gasteiger partial charge is 0.312 e. The number of alkyl halides is 3. The molecule has 0 radical (unpaired) electrons. The van der Waals surface area contributed by atoms with Crippen LogP contribution >= 0.6 is 0 Å². The lowest BCUT2D eigenvalue weighted by Gasteiger charge is -2.10. The van der Waals surface area contributed by atoms with Crippen LogP contribution in [0.2, 0.25) is 0 Å². The summed E-state index contributed by atoms with van der Waals surface area (Å²) in [5.41, 5.74) is 0.0758. The third-order valence-electron chi connectivity index (χ3n) is 2.14. The summed E-state index contributed by atoms with van der Waals surface area (Å²) in [6.45, 7) is 5.39. The van der Waals surface area contributed by atoms with E-state index < -0.39 is 11.7 Å². The zero-order valence-electron chi connectivity index (χ0n) is 9.43. The highest BCUT2D eigenvalue weighted by atomic mass is 19.4. The van der Waals surface area contributed by atoms with E-state index in [2.05, 4.69) is 19.2 Å². The SMILES string of the molecule is CC(C)CNCc1cccc(C(F)(F)F)c1. The van der Waals surface area contributed by atoms with Crippen LogP contribution in [-0.4, -0.2) is 6.54 Å². The van der Waals surface area contributed by atoms with E-state index in [0.29, 0.717) is 18.0 Å². The molecule has 0 bridgehead atoms. The summed E-state index contributed by atoms with van der Waals surface area (Å²) < 4.78 is 37.2. The monoisotopic (exact) mass is 231 g/mol. The Labute approximate surface area is 93.7 Å². The van der Waals surface area contributed by atoms with Gasteiger partial charge in [-0.15, -0.1) is 0 Å². The molecule has 1 nitrogen and oxygen atoms in total. The van der Waals surface area contributed by atoms with Crippen LogP contribution < -0.4 is 5.32 Å². The van der Waals surface area contributed by atoms with E-state index in [1.165, 1.54) is 12.1 Å². The Kier molecular flexibility index (Phi) is 4.35. The molecule has 16 heavy (non-hydrogen) atoms. The van der Waals surface area contributed by atoms with Crippen LogP contribution in [0.1, 0.15) is 25.0 Å². The summed E-state index contributed by atoms with van der Waals surface area (Å²) in [6.07, 6.45) is -4.26. The average molecular weight is 231 g/mol. The van der Waals surface area contributed by atoms with Crippen molar-refractivity contribution in [1.29, 1.82) is 0 Å². The fraction of sp³-hybridized carbons (Fsp3) is 0.500. The van der Waals surface area contributed by atoms with Crippen molar-refractivity contribution in [3.8, 4) is 0 Å². The predicted molar refractivity (Wildman–Crippen MR) is 58.0 cm³/mol. The fourth-order valence-electron chi connectivity index (χ4n) is 1.36. The van der Waals surface area contributed by atoms with Gasteiger partial charge < -0.3 is 5.32 Å². The third-order valence-corrected chi connectivity index (χ3v) is 2.14. The van der Waals surface area contributed by atoms with Gasteiger partial charge in [-0.25, -0.2) is 0 Å². The highest BCUT2D eigenvalue weighted by Gasteiger charge is 2.30. The van der Waals surface area contributed by atoms with Crippen LogP contribution in [-0.2, 0) is 12.7 Å². The molecule has 1 aromatic rings. The molecule has 0 atom stereocenters. The largest absolute Gasteiger partial charge is 0.416 e. The highest BCUT2D eigenvalue weighted by Crippen LogP contribution is 2.29. The van der Waals surface area contributed by atoms with Gasteiger partial charge in [-0.3, -0.25) is 0 Å². The molecule has 1 N–H and O–H groups in total. The molecule has 0 spiro atoms. The molecule has 0 aliphatic heterocycles. The second-order valence-corrected chi connectivity index (χ2v) is 4.22. The van der Waals surface area contributed by atoms with Crippen molar-refractivity contribution in [1.82, 2.24) is 5.32 Å². The van der Waals surface area contributed by atoms with Crippen LogP contribution in [0.25, 0.3) is 0 Å². The second kappa shape index (κ2) is 5.34. The van der Waals surface area contributed by atoms with Crippen LogP contribution in [0.15, 0.2) is 24.3 Å². The molecule has 0 aliphatic rings. The number of hydrogen-bond acceptors (Lipinski definition) is 1. The van der Waals surface area contributed by atoms with Crippen LogP contribution in [0.4, 0.5) is 13.2 Å². The van der Waals surface area contributed by atoms with Gasteiger partial charge in [0.05, 0.1) is 5.56 Å². The van der Waals surface area contributed by atoms with Gasteiger partial charge >= 0.3 is 6.18 Å². The van der Waals surface area contributed by atoms with Crippen molar-refractivity contribution in [3.05, 3.63) is 35.4 Å². The first-order valence-corrected chi connectivity index (χ1v) is 5.26. The maximum Gasteiger partial charge on any atom is 0.416 e. The third kappa shape index (κ3) is 4.23. The highest BCUT2D eigenvalue weighted by molar-refractivity contribution is 5.25. The van der Waals surface area contributed by atoms with Crippen LogP contribution in [0, 0.1) is 5.92 Å². The van der Waals surface area contributed by atoms with E-state index in [9.17, 15) is 13.2 Å². The Balaban J connectivity index is 2.61. The molecule has 0 saturated heterocycles. The minimum absolute atomic E-state index is 0.474. The van der Waals surface area contributed by atoms with Gasteiger partial charge in [-0.1, -0.05) is 32.0 Å². The molecule has 1 aromatic carbocycles. The minimum atomic E-state index is -4.26. The van der Waals surface area contributed by atoms with E-state index >= 15 is 0 Å². The van der Waals surface area contributed by atoms with Crippen LogP contribution in [0.5, 0.6) is 0 Å². The molecule has 4 heteroatoms. The standard InChI is InChI=1S/C12H16F3N/c1-9(2)7-16-8-10-4-3-5-11(6-10)12(13,14)15/h3-6,9,16H,7-8H2,1-2H3. The lowest BCUT2D eigenvalue weighted by Crippen LogP contribution is -2.19. The summed E-state index contributed by atoms with van der Waals surface area (Å²) in [5.74, 6) is 0.491. The molecule has 0 unspecified atom stereocenters. The van der Waals surface area contributed by atoms with Gasteiger partial charge in [0, 0.05) is 6.54 Å². The number of hydrogen-bond donors (Lipinski definition) is 1. The summed E-state index contributed by atoms with van der Waals surface area (Å²) >= 11 is 0. The number of halogens is 3. The summed E-state index contributed by atoms with van der Waals surface area (Å²) in [5, 5.41) is 3.11. The molecule has 0 fully saturated rings. The van der Waals surface area contributed by atoms with Gasteiger partial charge in [0.1, 0.15) is 0 Å². The zero-order chi connectivity index (χ0) is 12.2. The fourth-order valence-corrected chi connectivity index (χ4v) is 1.36. The molecule has 0 aromatic heterocycles. The molecule has 90 valence electrons. The second-order valence-electron chi connectivity index (χ2n) is 4.22. The molecule has 0 heterocycles. The topological polar surface area (TPSA) is 12.0 Å². The Hall–Kier alpha value is -1.03. The van der Waals surface area contributed by atoms with Crippen molar-refractivity contribution >= 4 is 0 Å². The Bertz CT molecular complexity index is 331. The summed E-state index contributed by atoms with van der Waals surface area (Å²) in [7, 11) is 0. The number of rotatable bonds is 4. The Morgan fingerprint density at radius 2 is 1.94 bits per heavy atom. The van der Waals surface area contributed by atoms with Crippen molar-refractivity contribution < 1.29 is 13.2 Å². The minimum Gasteiger partial charge on any atom is -0.312 e. The first-order valence-electron chi connectivity index (χ1n) is 5.26. The Morgan fingerprint density at radius 3 is 2.50 bits per heavy atom. The molecule has 1 rings (SSSR count). The van der Waals surface area contributed by atoms with Gasteiger partial charge in [-0.05, 0) is 24.1 Å². The zero-order valence-corrected chi connectivity index (χ0v) is 9.43. The lowest BCUT2D eigenvalue weighted by molar-refractivity contribution is -0.137. The van der Waals surface area contributed by atoms with Gasteiger partial charge in [0.2, 0.25) is 0 Å². The van der Waals surface area contributed by atoms with Gasteiger partial charge in [0.25, 0.3) is 0 Å². The normalized spacial score (nSPS) is 12.1. The number of nitrogens with one attached hydrogen (secondary N) is 1. The van der Waals surface area contributed by atoms with E-state index in [4.69, 9.17) is 0 Å². The van der Waals surface area contributed by atoms with Gasteiger partial charge in [-0.2, -0.15) is 13.2 Å². The summed E-state index contributed by atoms with van der Waals surface area (Å²) in [4.78, 5) is 0. The average Bonchev–Trinajstić information content (AvgIpc) is 2.16. The first kappa shape index (κ1) is 13.0. The molecule has 0 amide bonds. The molecular formula is C12H16F3N. The predicted octanol–water partition coefficient (Wildman–Crippen LogP) is 3.45. The summed E-state index contributed by atoms with van der Waals surface area (Å²) in [6, 6.07) is 5.41. The maximum absolute atomic E-state index is 12.4. The van der Waals surface area contributed by atoms with Crippen molar-refractivity contribution in [2.75, 3.05) is 6.54 Å². The Morgan fingerprint density at radius 1 is 1.25 bits per heavy atom. The number of benzene rings is 1. The van der Waals surface area contributed by atoms with E-state index in [0.717, 1.165) is 12.6 Å². The van der Waals surface area contributed by atoms with E-state index in [1.807, 2.05) is 0 Å². The van der Waals surface area contributed by atoms with Crippen molar-refractivity contribution in [3.63, 3.8) is 0 Å². The molecular weight excluding hydrogens is 215 g/mol. The van der Waals surface area contributed by atoms with Crippen LogP contribution in [0.3, 0.4) is 0 Å². The van der Waals surface area contributed by atoms with E-state index in [1.54, 1.807) is 6.07 Å². The maximum atomic E-state index is 12.4. The quantitative estimate of drug-likeness (QED) is 0.836. The lowest BCUT2D eigenvalue weighted by atomic mass is 10.1. The molecule has 0 aliphatic carbocycles. The van der Waals surface area contributed by atoms with E-state index in [-0.39, 0.29) is 0 Å². The molecule has 0 saturated carbocycles. The van der Waals surface area contributed by atoms with Gasteiger partial charge in [0.15, 0.2) is 0 Å². The first-order chi connectivity index (χ1) is 7.39.